The van der Waals surface area contributed by atoms with Gasteiger partial charge in [0, 0.05) is 18.1 Å². The van der Waals surface area contributed by atoms with E-state index < -0.39 is 5.82 Å². The molecule has 0 saturated heterocycles. The maximum absolute atomic E-state index is 13.2. The van der Waals surface area contributed by atoms with E-state index in [1.54, 1.807) is 6.07 Å². The topological polar surface area (TPSA) is 78.2 Å². The first-order chi connectivity index (χ1) is 9.13. The van der Waals surface area contributed by atoms with Gasteiger partial charge in [-0.3, -0.25) is 4.98 Å². The van der Waals surface area contributed by atoms with Crippen LogP contribution in [0.1, 0.15) is 5.56 Å². The predicted molar refractivity (Wildman–Crippen MR) is 67.2 cm³/mol. The summed E-state index contributed by atoms with van der Waals surface area (Å²) in [4.78, 5) is 15.9. The average Bonchev–Trinajstić information content (AvgIpc) is 2.66. The normalized spacial score (nSPS) is 11.0. The van der Waals surface area contributed by atoms with Crippen LogP contribution in [-0.2, 0) is 6.54 Å². The Balaban J connectivity index is 2.06. The second-order valence-electron chi connectivity index (χ2n) is 4.14. The smallest absolute Gasteiger partial charge is 0.350 e. The van der Waals surface area contributed by atoms with E-state index in [1.807, 2.05) is 0 Å². The number of aromatic nitrogens is 4. The highest BCUT2D eigenvalue weighted by Crippen LogP contribution is 2.11. The lowest BCUT2D eigenvalue weighted by molar-refractivity contribution is 0.616. The molecule has 2 heterocycles. The molecular weight excluding hydrogens is 249 g/mol. The number of nitrogens with zero attached hydrogens (tertiary/aromatic N) is 4. The molecule has 1 aromatic carbocycles. The van der Waals surface area contributed by atoms with Gasteiger partial charge in [0.2, 0.25) is 0 Å². The maximum atomic E-state index is 13.2. The van der Waals surface area contributed by atoms with Gasteiger partial charge < -0.3 is 5.73 Å². The Morgan fingerprint density at radius 1 is 1.32 bits per heavy atom. The molecule has 0 atom stereocenters. The summed E-state index contributed by atoms with van der Waals surface area (Å²) in [5.41, 5.74) is 6.59. The minimum Gasteiger partial charge on any atom is -0.399 e. The summed E-state index contributed by atoms with van der Waals surface area (Å²) >= 11 is 0. The summed E-state index contributed by atoms with van der Waals surface area (Å²) < 4.78 is 15.8. The molecule has 3 aromatic rings. The fourth-order valence-corrected chi connectivity index (χ4v) is 1.92. The van der Waals surface area contributed by atoms with E-state index in [4.69, 9.17) is 5.73 Å². The van der Waals surface area contributed by atoms with Crippen LogP contribution in [0.5, 0.6) is 0 Å². The first-order valence-corrected chi connectivity index (χ1v) is 5.57. The molecule has 2 aromatic heterocycles. The summed E-state index contributed by atoms with van der Waals surface area (Å²) in [5, 5.41) is 4.11. The Morgan fingerprint density at radius 3 is 2.89 bits per heavy atom. The Kier molecular flexibility index (Phi) is 2.52. The van der Waals surface area contributed by atoms with Crippen molar-refractivity contribution in [3.63, 3.8) is 0 Å². The van der Waals surface area contributed by atoms with Crippen molar-refractivity contribution >= 4 is 11.3 Å². The molecule has 7 heteroatoms. The molecule has 2 N–H and O–H groups in total. The molecule has 0 aliphatic carbocycles. The molecule has 19 heavy (non-hydrogen) atoms. The summed E-state index contributed by atoms with van der Waals surface area (Å²) in [6.07, 6.45) is 4.51. The highest BCUT2D eigenvalue weighted by atomic mass is 19.1. The first-order valence-electron chi connectivity index (χ1n) is 5.57. The zero-order valence-electron chi connectivity index (χ0n) is 9.82. The average molecular weight is 259 g/mol. The molecule has 0 bridgehead atoms. The third-order valence-electron chi connectivity index (χ3n) is 2.70. The summed E-state index contributed by atoms with van der Waals surface area (Å²) in [6, 6.07) is 4.16. The molecule has 0 unspecified atom stereocenters. The predicted octanol–water partition coefficient (Wildman–Crippen LogP) is 0.661. The number of nitrogen functional groups attached to an aromatic ring is 1. The zero-order chi connectivity index (χ0) is 13.4. The Morgan fingerprint density at radius 2 is 2.16 bits per heavy atom. The molecule has 0 amide bonds. The van der Waals surface area contributed by atoms with Gasteiger partial charge in [0.05, 0.1) is 12.7 Å². The van der Waals surface area contributed by atoms with Crippen LogP contribution in [-0.4, -0.2) is 19.2 Å². The van der Waals surface area contributed by atoms with Crippen molar-refractivity contribution in [1.82, 2.24) is 19.2 Å². The van der Waals surface area contributed by atoms with Crippen LogP contribution in [0.2, 0.25) is 0 Å². The Labute approximate surface area is 106 Å². The van der Waals surface area contributed by atoms with Crippen LogP contribution < -0.4 is 11.4 Å². The fourth-order valence-electron chi connectivity index (χ4n) is 1.92. The minimum atomic E-state index is -0.437. The largest absolute Gasteiger partial charge is 0.399 e. The van der Waals surface area contributed by atoms with Crippen molar-refractivity contribution in [2.24, 2.45) is 0 Å². The van der Waals surface area contributed by atoms with Crippen molar-refractivity contribution in [2.75, 3.05) is 5.73 Å². The molecule has 6 nitrogen and oxygen atoms in total. The molecule has 0 aliphatic rings. The van der Waals surface area contributed by atoms with Gasteiger partial charge in [0.15, 0.2) is 5.65 Å². The van der Waals surface area contributed by atoms with Crippen LogP contribution in [0.15, 0.2) is 41.6 Å². The lowest BCUT2D eigenvalue weighted by atomic mass is 10.2. The van der Waals surface area contributed by atoms with Gasteiger partial charge in [-0.25, -0.2) is 18.3 Å². The molecular formula is C12H10FN5O. The van der Waals surface area contributed by atoms with Crippen LogP contribution in [0, 0.1) is 5.82 Å². The summed E-state index contributed by atoms with van der Waals surface area (Å²) in [7, 11) is 0. The third-order valence-corrected chi connectivity index (χ3v) is 2.70. The van der Waals surface area contributed by atoms with Crippen LogP contribution >= 0.6 is 0 Å². The SMILES string of the molecule is Nc1cc(F)cc(Cn2nc3cnccn3c2=O)c1. The van der Waals surface area contributed by atoms with Gasteiger partial charge >= 0.3 is 5.69 Å². The fraction of sp³-hybridized carbons (Fsp3) is 0.0833. The zero-order valence-corrected chi connectivity index (χ0v) is 9.82. The lowest BCUT2D eigenvalue weighted by Gasteiger charge is -2.02. The highest BCUT2D eigenvalue weighted by molar-refractivity contribution is 5.41. The number of hydrogen-bond acceptors (Lipinski definition) is 4. The minimum absolute atomic E-state index is 0.155. The summed E-state index contributed by atoms with van der Waals surface area (Å²) in [5.74, 6) is -0.437. The van der Waals surface area contributed by atoms with Crippen LogP contribution in [0.3, 0.4) is 0 Å². The third kappa shape index (κ3) is 2.05. The van der Waals surface area contributed by atoms with Gasteiger partial charge in [-0.05, 0) is 23.8 Å². The van der Waals surface area contributed by atoms with Crippen molar-refractivity contribution < 1.29 is 4.39 Å². The second-order valence-corrected chi connectivity index (χ2v) is 4.14. The van der Waals surface area contributed by atoms with Crippen molar-refractivity contribution in [3.8, 4) is 0 Å². The molecule has 0 aliphatic heterocycles. The van der Waals surface area contributed by atoms with Crippen LogP contribution in [0.4, 0.5) is 10.1 Å². The Bertz CT molecular complexity index is 787. The monoisotopic (exact) mass is 259 g/mol. The molecule has 0 fully saturated rings. The standard InChI is InChI=1S/C12H10FN5O/c13-9-3-8(4-10(14)5-9)7-18-12(19)17-2-1-15-6-11(17)16-18/h1-6H,7,14H2. The first kappa shape index (κ1) is 11.4. The van der Waals surface area contributed by atoms with Crippen molar-refractivity contribution in [2.45, 2.75) is 6.54 Å². The number of benzene rings is 1. The number of hydrogen-bond donors (Lipinski definition) is 1. The number of anilines is 1. The van der Waals surface area contributed by atoms with Crippen molar-refractivity contribution in [3.05, 3.63) is 58.7 Å². The lowest BCUT2D eigenvalue weighted by Crippen LogP contribution is -2.21. The van der Waals surface area contributed by atoms with Gasteiger partial charge in [-0.1, -0.05) is 0 Å². The van der Waals surface area contributed by atoms with E-state index in [2.05, 4.69) is 10.1 Å². The van der Waals surface area contributed by atoms with E-state index >= 15 is 0 Å². The molecule has 0 radical (unpaired) electrons. The number of halogens is 1. The van der Waals surface area contributed by atoms with Crippen LogP contribution in [0.25, 0.3) is 5.65 Å². The number of nitrogens with two attached hydrogens (primary N) is 1. The number of rotatable bonds is 2. The van der Waals surface area contributed by atoms with Gasteiger partial charge in [0.25, 0.3) is 0 Å². The van der Waals surface area contributed by atoms with E-state index in [-0.39, 0.29) is 12.2 Å². The van der Waals surface area contributed by atoms with E-state index in [0.717, 1.165) is 0 Å². The molecule has 96 valence electrons. The second kappa shape index (κ2) is 4.20. The van der Waals surface area contributed by atoms with Crippen molar-refractivity contribution in [1.29, 1.82) is 0 Å². The number of fused-ring (bicyclic) bond motifs is 1. The highest BCUT2D eigenvalue weighted by Gasteiger charge is 2.07. The quantitative estimate of drug-likeness (QED) is 0.686. The van der Waals surface area contributed by atoms with Gasteiger partial charge in [0.1, 0.15) is 5.82 Å². The van der Waals surface area contributed by atoms with E-state index in [0.29, 0.717) is 16.9 Å². The Hall–Kier alpha value is -2.70. The van der Waals surface area contributed by atoms with Gasteiger partial charge in [-0.15, -0.1) is 5.10 Å². The van der Waals surface area contributed by atoms with E-state index in [1.165, 1.54) is 39.8 Å². The molecule has 0 spiro atoms. The van der Waals surface area contributed by atoms with E-state index in [9.17, 15) is 9.18 Å². The molecule has 0 saturated carbocycles. The maximum Gasteiger partial charge on any atom is 0.350 e. The molecule has 3 rings (SSSR count). The summed E-state index contributed by atoms with van der Waals surface area (Å²) in [6.45, 7) is 0.155. The van der Waals surface area contributed by atoms with Gasteiger partial charge in [-0.2, -0.15) is 0 Å².